The van der Waals surface area contributed by atoms with Crippen LogP contribution in [0.5, 0.6) is 0 Å². The summed E-state index contributed by atoms with van der Waals surface area (Å²) in [6.45, 7) is 2.69. The summed E-state index contributed by atoms with van der Waals surface area (Å²) in [5, 5.41) is 3.91. The second-order valence-corrected chi connectivity index (χ2v) is 4.79. The summed E-state index contributed by atoms with van der Waals surface area (Å²) in [5.74, 6) is 1.22. The van der Waals surface area contributed by atoms with E-state index in [4.69, 9.17) is 4.52 Å². The van der Waals surface area contributed by atoms with Crippen molar-refractivity contribution in [3.05, 3.63) is 41.8 Å². The Labute approximate surface area is 116 Å². The van der Waals surface area contributed by atoms with Crippen molar-refractivity contribution in [1.29, 1.82) is 0 Å². The first-order chi connectivity index (χ1) is 9.79. The molecule has 0 saturated carbocycles. The molecule has 3 rings (SSSR count). The Hall–Kier alpha value is -2.24. The Morgan fingerprint density at radius 2 is 2.25 bits per heavy atom. The van der Waals surface area contributed by atoms with E-state index >= 15 is 0 Å². The van der Waals surface area contributed by atoms with Crippen LogP contribution in [0.3, 0.4) is 0 Å². The fraction of sp³-hybridized carbons (Fsp3) is 0.429. The predicted molar refractivity (Wildman–Crippen MR) is 70.9 cm³/mol. The van der Waals surface area contributed by atoms with Gasteiger partial charge in [0.25, 0.3) is 5.91 Å². The lowest BCUT2D eigenvalue weighted by molar-refractivity contribution is 0.0710. The van der Waals surface area contributed by atoms with Gasteiger partial charge >= 0.3 is 0 Å². The standard InChI is InChI=1S/C14H16N4O2/c1-2-12-16-13(20-17-12)11-4-3-9-18(11)14(19)10-5-7-15-8-6-10/h5-8,11H,2-4,9H2,1H3/t11-/m0/s1. The van der Waals surface area contributed by atoms with Gasteiger partial charge in [0.2, 0.25) is 5.89 Å². The lowest BCUT2D eigenvalue weighted by atomic mass is 10.2. The van der Waals surface area contributed by atoms with Gasteiger partial charge in [0.05, 0.1) is 0 Å². The number of carbonyl (C=O) groups excluding carboxylic acids is 1. The highest BCUT2D eigenvalue weighted by atomic mass is 16.5. The highest BCUT2D eigenvalue weighted by molar-refractivity contribution is 5.94. The zero-order valence-corrected chi connectivity index (χ0v) is 11.3. The van der Waals surface area contributed by atoms with Crippen molar-refractivity contribution in [3.63, 3.8) is 0 Å². The summed E-state index contributed by atoms with van der Waals surface area (Å²) < 4.78 is 5.29. The van der Waals surface area contributed by atoms with E-state index in [1.807, 2.05) is 11.8 Å². The Morgan fingerprint density at radius 1 is 1.45 bits per heavy atom. The molecule has 1 amide bonds. The molecule has 0 radical (unpaired) electrons. The van der Waals surface area contributed by atoms with Crippen LogP contribution < -0.4 is 0 Å². The minimum Gasteiger partial charge on any atom is -0.337 e. The van der Waals surface area contributed by atoms with Crippen LogP contribution >= 0.6 is 0 Å². The largest absolute Gasteiger partial charge is 0.337 e. The molecule has 1 atom stereocenters. The molecule has 6 heteroatoms. The minimum atomic E-state index is -0.108. The van der Waals surface area contributed by atoms with E-state index in [2.05, 4.69) is 15.1 Å². The van der Waals surface area contributed by atoms with Crippen molar-refractivity contribution in [2.45, 2.75) is 32.2 Å². The molecule has 2 aromatic rings. The number of hydrogen-bond acceptors (Lipinski definition) is 5. The number of pyridine rings is 1. The number of rotatable bonds is 3. The van der Waals surface area contributed by atoms with Gasteiger partial charge in [0.15, 0.2) is 5.82 Å². The van der Waals surface area contributed by atoms with Crippen LogP contribution in [0.25, 0.3) is 0 Å². The SMILES string of the molecule is CCc1noc([C@@H]2CCCN2C(=O)c2ccncc2)n1. The summed E-state index contributed by atoms with van der Waals surface area (Å²) in [6, 6.07) is 3.34. The van der Waals surface area contributed by atoms with Crippen LogP contribution in [0.15, 0.2) is 29.0 Å². The third kappa shape index (κ3) is 2.29. The molecular formula is C14H16N4O2. The molecule has 6 nitrogen and oxygen atoms in total. The second kappa shape index (κ2) is 5.40. The van der Waals surface area contributed by atoms with Gasteiger partial charge in [-0.05, 0) is 25.0 Å². The van der Waals surface area contributed by atoms with Gasteiger partial charge in [0.1, 0.15) is 6.04 Å². The van der Waals surface area contributed by atoms with Crippen molar-refractivity contribution in [3.8, 4) is 0 Å². The minimum absolute atomic E-state index is 0.00820. The molecule has 0 aromatic carbocycles. The van der Waals surface area contributed by atoms with Crippen LogP contribution in [0.4, 0.5) is 0 Å². The van der Waals surface area contributed by atoms with Crippen molar-refractivity contribution in [1.82, 2.24) is 20.0 Å². The molecule has 0 bridgehead atoms. The monoisotopic (exact) mass is 272 g/mol. The van der Waals surface area contributed by atoms with E-state index in [-0.39, 0.29) is 11.9 Å². The summed E-state index contributed by atoms with van der Waals surface area (Å²) >= 11 is 0. The Morgan fingerprint density at radius 3 is 2.95 bits per heavy atom. The highest BCUT2D eigenvalue weighted by Gasteiger charge is 2.34. The van der Waals surface area contributed by atoms with E-state index in [9.17, 15) is 4.79 Å². The Balaban J connectivity index is 1.83. The highest BCUT2D eigenvalue weighted by Crippen LogP contribution is 2.32. The normalized spacial score (nSPS) is 18.4. The fourth-order valence-corrected chi connectivity index (χ4v) is 2.47. The molecule has 20 heavy (non-hydrogen) atoms. The summed E-state index contributed by atoms with van der Waals surface area (Å²) in [4.78, 5) is 22.6. The van der Waals surface area contributed by atoms with Gasteiger partial charge in [-0.15, -0.1) is 0 Å². The molecule has 0 aliphatic carbocycles. The van der Waals surface area contributed by atoms with Crippen molar-refractivity contribution >= 4 is 5.91 Å². The van der Waals surface area contributed by atoms with E-state index in [1.54, 1.807) is 24.5 Å². The predicted octanol–water partition coefficient (Wildman–Crippen LogP) is 2.00. The van der Waals surface area contributed by atoms with Gasteiger partial charge in [0, 0.05) is 30.9 Å². The first kappa shape index (κ1) is 12.8. The Kier molecular flexibility index (Phi) is 3.45. The third-order valence-corrected chi connectivity index (χ3v) is 3.53. The lowest BCUT2D eigenvalue weighted by Gasteiger charge is -2.21. The maximum absolute atomic E-state index is 12.5. The lowest BCUT2D eigenvalue weighted by Crippen LogP contribution is -2.30. The number of carbonyl (C=O) groups is 1. The first-order valence-electron chi connectivity index (χ1n) is 6.83. The maximum Gasteiger partial charge on any atom is 0.254 e. The van der Waals surface area contributed by atoms with E-state index in [0.29, 0.717) is 17.3 Å². The molecule has 2 aromatic heterocycles. The van der Waals surface area contributed by atoms with Gasteiger partial charge < -0.3 is 9.42 Å². The number of amides is 1. The molecule has 0 spiro atoms. The summed E-state index contributed by atoms with van der Waals surface area (Å²) in [5.41, 5.74) is 0.641. The molecule has 0 unspecified atom stereocenters. The smallest absolute Gasteiger partial charge is 0.254 e. The number of likely N-dealkylation sites (tertiary alicyclic amines) is 1. The molecule has 3 heterocycles. The maximum atomic E-state index is 12.5. The van der Waals surface area contributed by atoms with E-state index in [1.165, 1.54) is 0 Å². The van der Waals surface area contributed by atoms with Crippen LogP contribution in [0.2, 0.25) is 0 Å². The number of nitrogens with zero attached hydrogens (tertiary/aromatic N) is 4. The fourth-order valence-electron chi connectivity index (χ4n) is 2.47. The second-order valence-electron chi connectivity index (χ2n) is 4.79. The van der Waals surface area contributed by atoms with Gasteiger partial charge in [-0.2, -0.15) is 4.98 Å². The topological polar surface area (TPSA) is 72.1 Å². The average Bonchev–Trinajstić information content (AvgIpc) is 3.15. The molecule has 0 N–H and O–H groups in total. The Bertz CT molecular complexity index is 596. The van der Waals surface area contributed by atoms with Crippen molar-refractivity contribution < 1.29 is 9.32 Å². The quantitative estimate of drug-likeness (QED) is 0.854. The van der Waals surface area contributed by atoms with E-state index in [0.717, 1.165) is 25.8 Å². The number of aryl methyl sites for hydroxylation is 1. The van der Waals surface area contributed by atoms with Gasteiger partial charge in [-0.1, -0.05) is 12.1 Å². The number of aromatic nitrogens is 3. The average molecular weight is 272 g/mol. The third-order valence-electron chi connectivity index (χ3n) is 3.53. The zero-order valence-electron chi connectivity index (χ0n) is 11.3. The van der Waals surface area contributed by atoms with Crippen molar-refractivity contribution in [2.75, 3.05) is 6.54 Å². The summed E-state index contributed by atoms with van der Waals surface area (Å²) in [6.07, 6.45) is 5.79. The van der Waals surface area contributed by atoms with Crippen LogP contribution in [0, 0.1) is 0 Å². The first-order valence-corrected chi connectivity index (χ1v) is 6.83. The number of hydrogen-bond donors (Lipinski definition) is 0. The molecule has 1 fully saturated rings. The van der Waals surface area contributed by atoms with Crippen molar-refractivity contribution in [2.24, 2.45) is 0 Å². The van der Waals surface area contributed by atoms with Gasteiger partial charge in [-0.25, -0.2) is 0 Å². The van der Waals surface area contributed by atoms with Crippen LogP contribution in [0.1, 0.15) is 47.9 Å². The molecule has 104 valence electrons. The zero-order chi connectivity index (χ0) is 13.9. The molecule has 1 aliphatic rings. The van der Waals surface area contributed by atoms with E-state index < -0.39 is 0 Å². The van der Waals surface area contributed by atoms with Crippen LogP contribution in [-0.2, 0) is 6.42 Å². The molecule has 1 aliphatic heterocycles. The molecular weight excluding hydrogens is 256 g/mol. The van der Waals surface area contributed by atoms with Gasteiger partial charge in [-0.3, -0.25) is 9.78 Å². The summed E-state index contributed by atoms with van der Waals surface area (Å²) in [7, 11) is 0. The molecule has 1 saturated heterocycles. The van der Waals surface area contributed by atoms with Crippen LogP contribution in [-0.4, -0.2) is 32.5 Å².